The Balaban J connectivity index is 0.00000441. The van der Waals surface area contributed by atoms with Crippen LogP contribution in [0.25, 0.3) is 0 Å². The van der Waals surface area contributed by atoms with E-state index in [9.17, 15) is 9.59 Å². The normalized spacial score (nSPS) is 11.2. The molecule has 1 aromatic carbocycles. The summed E-state index contributed by atoms with van der Waals surface area (Å²) in [5, 5.41) is 5.11. The first-order chi connectivity index (χ1) is 10.1. The third-order valence-corrected chi connectivity index (χ3v) is 2.91. The molecule has 0 fully saturated rings. The minimum Gasteiger partial charge on any atom is -0.374 e. The van der Waals surface area contributed by atoms with Crippen LogP contribution in [0.2, 0.25) is 0 Å². The van der Waals surface area contributed by atoms with Gasteiger partial charge < -0.3 is 21.1 Å². The quantitative estimate of drug-likeness (QED) is 0.583. The van der Waals surface area contributed by atoms with Crippen molar-refractivity contribution in [2.24, 2.45) is 5.73 Å². The zero-order valence-electron chi connectivity index (χ0n) is 12.7. The summed E-state index contributed by atoms with van der Waals surface area (Å²) < 4.78 is 5.69. The van der Waals surface area contributed by atoms with Crippen molar-refractivity contribution in [3.8, 4) is 0 Å². The molecule has 6 nitrogen and oxygen atoms in total. The van der Waals surface area contributed by atoms with Crippen molar-refractivity contribution in [2.45, 2.75) is 19.4 Å². The smallest absolute Gasteiger partial charge is 0.239 e. The van der Waals surface area contributed by atoms with Crippen LogP contribution in [0.3, 0.4) is 0 Å². The molecule has 4 N–H and O–H groups in total. The second kappa shape index (κ2) is 12.0. The second-order valence-corrected chi connectivity index (χ2v) is 4.61. The molecule has 1 atom stereocenters. The average Bonchev–Trinajstić information content (AvgIpc) is 2.52. The summed E-state index contributed by atoms with van der Waals surface area (Å²) in [4.78, 5) is 22.2. The highest BCUT2D eigenvalue weighted by Crippen LogP contribution is 2.15. The molecule has 0 spiro atoms. The Morgan fingerprint density at radius 1 is 1.18 bits per heavy atom. The third kappa shape index (κ3) is 8.61. The van der Waals surface area contributed by atoms with Gasteiger partial charge in [0.05, 0.1) is 19.2 Å². The van der Waals surface area contributed by atoms with Crippen molar-refractivity contribution in [1.29, 1.82) is 0 Å². The molecule has 7 heteroatoms. The number of carbonyl (C=O) groups excluding carboxylic acids is 2. The van der Waals surface area contributed by atoms with E-state index in [4.69, 9.17) is 10.5 Å². The summed E-state index contributed by atoms with van der Waals surface area (Å²) in [6, 6.07) is 9.96. The summed E-state index contributed by atoms with van der Waals surface area (Å²) in [5.41, 5.74) is 6.24. The Hall–Kier alpha value is -1.63. The van der Waals surface area contributed by atoms with Gasteiger partial charge in [-0.3, -0.25) is 9.59 Å². The number of nitrogens with two attached hydrogens (primary N) is 1. The van der Waals surface area contributed by atoms with E-state index in [0.717, 1.165) is 5.56 Å². The van der Waals surface area contributed by atoms with Gasteiger partial charge in [-0.25, -0.2) is 0 Å². The fourth-order valence-electron chi connectivity index (χ4n) is 1.69. The van der Waals surface area contributed by atoms with E-state index < -0.39 is 0 Å². The SMILES string of the molecule is CC(OCCCNC(=O)CNC(=O)CN)c1ccccc1.Cl. The number of rotatable bonds is 9. The number of nitrogens with one attached hydrogen (secondary N) is 2. The number of carbonyl (C=O) groups is 2. The number of amides is 2. The van der Waals surface area contributed by atoms with E-state index in [1.165, 1.54) is 0 Å². The molecule has 0 saturated heterocycles. The predicted octanol–water partition coefficient (Wildman–Crippen LogP) is 0.767. The molecule has 124 valence electrons. The molecule has 0 bridgehead atoms. The molecule has 0 radical (unpaired) electrons. The first-order valence-corrected chi connectivity index (χ1v) is 7.03. The fourth-order valence-corrected chi connectivity index (χ4v) is 1.69. The number of hydrogen-bond acceptors (Lipinski definition) is 4. The van der Waals surface area contributed by atoms with Crippen LogP contribution >= 0.6 is 12.4 Å². The van der Waals surface area contributed by atoms with Gasteiger partial charge in [0.2, 0.25) is 11.8 Å². The van der Waals surface area contributed by atoms with Crippen molar-refractivity contribution in [3.05, 3.63) is 35.9 Å². The van der Waals surface area contributed by atoms with Crippen molar-refractivity contribution in [1.82, 2.24) is 10.6 Å². The van der Waals surface area contributed by atoms with Gasteiger partial charge in [0, 0.05) is 13.2 Å². The fraction of sp³-hybridized carbons (Fsp3) is 0.467. The first kappa shape index (κ1) is 20.4. The lowest BCUT2D eigenvalue weighted by molar-refractivity contribution is -0.125. The van der Waals surface area contributed by atoms with Gasteiger partial charge in [0.1, 0.15) is 0 Å². The maximum atomic E-state index is 11.4. The van der Waals surface area contributed by atoms with Crippen LogP contribution in [0.4, 0.5) is 0 Å². The van der Waals surface area contributed by atoms with Gasteiger partial charge in [0.15, 0.2) is 0 Å². The Morgan fingerprint density at radius 2 is 1.86 bits per heavy atom. The van der Waals surface area contributed by atoms with E-state index in [0.29, 0.717) is 19.6 Å². The van der Waals surface area contributed by atoms with E-state index >= 15 is 0 Å². The van der Waals surface area contributed by atoms with Crippen LogP contribution < -0.4 is 16.4 Å². The second-order valence-electron chi connectivity index (χ2n) is 4.61. The number of halogens is 1. The van der Waals surface area contributed by atoms with Gasteiger partial charge in [-0.15, -0.1) is 12.4 Å². The van der Waals surface area contributed by atoms with Gasteiger partial charge in [-0.05, 0) is 18.9 Å². The number of benzene rings is 1. The van der Waals surface area contributed by atoms with Crippen LogP contribution in [0.1, 0.15) is 25.0 Å². The lowest BCUT2D eigenvalue weighted by Crippen LogP contribution is -2.39. The summed E-state index contributed by atoms with van der Waals surface area (Å²) in [6.45, 7) is 2.91. The van der Waals surface area contributed by atoms with Crippen LogP contribution in [0.5, 0.6) is 0 Å². The van der Waals surface area contributed by atoms with E-state index in [1.807, 2.05) is 37.3 Å². The predicted molar refractivity (Wildman–Crippen MR) is 87.7 cm³/mol. The highest BCUT2D eigenvalue weighted by atomic mass is 35.5. The topological polar surface area (TPSA) is 93.5 Å². The Labute approximate surface area is 137 Å². The average molecular weight is 330 g/mol. The summed E-state index contributed by atoms with van der Waals surface area (Å²) in [7, 11) is 0. The van der Waals surface area contributed by atoms with E-state index in [-0.39, 0.29) is 43.4 Å². The highest BCUT2D eigenvalue weighted by molar-refractivity contribution is 5.85. The Bertz CT molecular complexity index is 443. The van der Waals surface area contributed by atoms with Crippen molar-refractivity contribution in [2.75, 3.05) is 26.2 Å². The number of hydrogen-bond donors (Lipinski definition) is 3. The Morgan fingerprint density at radius 3 is 2.50 bits per heavy atom. The standard InChI is InChI=1S/C15H23N3O3.ClH/c1-12(13-6-3-2-4-7-13)21-9-5-8-17-15(20)11-18-14(19)10-16;/h2-4,6-7,12H,5,8-11,16H2,1H3,(H,17,20)(H,18,19);1H. The molecule has 1 aromatic rings. The molecule has 0 aliphatic rings. The molecule has 1 unspecified atom stereocenters. The van der Waals surface area contributed by atoms with Crippen LogP contribution in [-0.4, -0.2) is 38.1 Å². The van der Waals surface area contributed by atoms with Crippen LogP contribution in [0, 0.1) is 0 Å². The molecule has 0 aliphatic carbocycles. The van der Waals surface area contributed by atoms with Gasteiger partial charge in [0.25, 0.3) is 0 Å². The van der Waals surface area contributed by atoms with Gasteiger partial charge >= 0.3 is 0 Å². The molecule has 22 heavy (non-hydrogen) atoms. The first-order valence-electron chi connectivity index (χ1n) is 7.03. The maximum absolute atomic E-state index is 11.4. The molecule has 0 saturated carbocycles. The van der Waals surface area contributed by atoms with Gasteiger partial charge in [-0.1, -0.05) is 30.3 Å². The maximum Gasteiger partial charge on any atom is 0.239 e. The van der Waals surface area contributed by atoms with Crippen LogP contribution in [-0.2, 0) is 14.3 Å². The molecule has 0 aromatic heterocycles. The monoisotopic (exact) mass is 329 g/mol. The van der Waals surface area contributed by atoms with E-state index in [1.54, 1.807) is 0 Å². The third-order valence-electron chi connectivity index (χ3n) is 2.91. The largest absolute Gasteiger partial charge is 0.374 e. The Kier molecular flexibility index (Phi) is 11.1. The molecule has 1 rings (SSSR count). The minimum absolute atomic E-state index is 0. The van der Waals surface area contributed by atoms with Crippen LogP contribution in [0.15, 0.2) is 30.3 Å². The number of ether oxygens (including phenoxy) is 1. The van der Waals surface area contributed by atoms with Crippen molar-refractivity contribution < 1.29 is 14.3 Å². The lowest BCUT2D eigenvalue weighted by atomic mass is 10.1. The molecule has 2 amide bonds. The van der Waals surface area contributed by atoms with Crippen molar-refractivity contribution >= 4 is 24.2 Å². The summed E-state index contributed by atoms with van der Waals surface area (Å²) >= 11 is 0. The minimum atomic E-state index is -0.342. The molecular weight excluding hydrogens is 306 g/mol. The zero-order valence-corrected chi connectivity index (χ0v) is 13.5. The van der Waals surface area contributed by atoms with E-state index in [2.05, 4.69) is 10.6 Å². The summed E-state index contributed by atoms with van der Waals surface area (Å²) in [5.74, 6) is -0.571. The molecule has 0 aliphatic heterocycles. The molecule has 0 heterocycles. The highest BCUT2D eigenvalue weighted by Gasteiger charge is 2.05. The summed E-state index contributed by atoms with van der Waals surface area (Å²) in [6.07, 6.45) is 0.749. The van der Waals surface area contributed by atoms with Crippen molar-refractivity contribution in [3.63, 3.8) is 0 Å². The lowest BCUT2D eigenvalue weighted by Gasteiger charge is -2.13. The zero-order chi connectivity index (χ0) is 15.5. The molecular formula is C15H24ClN3O3. The van der Waals surface area contributed by atoms with Gasteiger partial charge in [-0.2, -0.15) is 0 Å².